The van der Waals surface area contributed by atoms with Crippen LogP contribution in [0.15, 0.2) is 55.0 Å². The van der Waals surface area contributed by atoms with E-state index in [1.54, 1.807) is 55.0 Å². The first kappa shape index (κ1) is 24.8. The van der Waals surface area contributed by atoms with Gasteiger partial charge in [0.15, 0.2) is 5.78 Å². The van der Waals surface area contributed by atoms with Crippen LogP contribution in [0.5, 0.6) is 11.5 Å². The van der Waals surface area contributed by atoms with Crippen molar-refractivity contribution in [2.45, 2.75) is 58.0 Å². The van der Waals surface area contributed by atoms with Crippen LogP contribution in [0.25, 0.3) is 11.3 Å². The number of hydrogen-bond donors (Lipinski definition) is 1. The van der Waals surface area contributed by atoms with Crippen molar-refractivity contribution in [1.29, 1.82) is 5.26 Å². The van der Waals surface area contributed by atoms with Crippen LogP contribution in [0, 0.1) is 17.2 Å². The van der Waals surface area contributed by atoms with Gasteiger partial charge in [-0.05, 0) is 70.7 Å². The fourth-order valence-corrected chi connectivity index (χ4v) is 5.54. The molecule has 0 amide bonds. The van der Waals surface area contributed by atoms with Gasteiger partial charge in [-0.1, -0.05) is 23.7 Å². The van der Waals surface area contributed by atoms with Crippen LogP contribution < -0.4 is 10.1 Å². The quantitative estimate of drug-likeness (QED) is 0.394. The molecule has 1 fully saturated rings. The Morgan fingerprint density at radius 2 is 1.89 bits per heavy atom. The molecule has 0 atom stereocenters. The SMILES string of the molecule is CC1(C)CC(CC(=O)c2ccc(Oc3cccc(-c4cnccn4)c3C#N)c(Cl)c2)CC(C)(C)N1. The van der Waals surface area contributed by atoms with Crippen molar-refractivity contribution >= 4 is 17.4 Å². The fourth-order valence-electron chi connectivity index (χ4n) is 5.32. The smallest absolute Gasteiger partial charge is 0.163 e. The minimum Gasteiger partial charge on any atom is -0.454 e. The standard InChI is InChI=1S/C28H29ClN4O2/c1-27(2)14-18(15-28(3,4)33-27)12-24(34)19-8-9-26(22(29)13-19)35-25-7-5-6-20(21(25)16-30)23-17-31-10-11-32-23/h5-11,13,17-18,33H,12,14-15H2,1-4H3. The summed E-state index contributed by atoms with van der Waals surface area (Å²) in [6.07, 6.45) is 7.10. The Balaban J connectivity index is 1.53. The molecule has 0 spiro atoms. The van der Waals surface area contributed by atoms with Gasteiger partial charge >= 0.3 is 0 Å². The molecule has 7 heteroatoms. The molecule has 3 aromatic rings. The highest BCUT2D eigenvalue weighted by molar-refractivity contribution is 6.32. The minimum atomic E-state index is -0.0135. The third kappa shape index (κ3) is 5.87. The zero-order valence-electron chi connectivity index (χ0n) is 20.4. The maximum Gasteiger partial charge on any atom is 0.163 e. The number of ether oxygens (including phenoxy) is 1. The average molecular weight is 489 g/mol. The van der Waals surface area contributed by atoms with Gasteiger partial charge in [-0.15, -0.1) is 0 Å². The Labute approximate surface area is 211 Å². The van der Waals surface area contributed by atoms with Crippen LogP contribution in [-0.2, 0) is 0 Å². The van der Waals surface area contributed by atoms with E-state index >= 15 is 0 Å². The Hall–Kier alpha value is -3.27. The van der Waals surface area contributed by atoms with Gasteiger partial charge in [0.1, 0.15) is 23.1 Å². The number of carbonyl (C=O) groups is 1. The summed E-state index contributed by atoms with van der Waals surface area (Å²) in [5.41, 5.74) is 2.06. The Morgan fingerprint density at radius 1 is 1.14 bits per heavy atom. The first-order valence-corrected chi connectivity index (χ1v) is 12.0. The molecule has 6 nitrogen and oxygen atoms in total. The normalized spacial score (nSPS) is 16.9. The lowest BCUT2D eigenvalue weighted by molar-refractivity contribution is 0.0864. The second kappa shape index (κ2) is 9.77. The monoisotopic (exact) mass is 488 g/mol. The zero-order valence-corrected chi connectivity index (χ0v) is 21.2. The van der Waals surface area contributed by atoms with E-state index in [9.17, 15) is 10.1 Å². The van der Waals surface area contributed by atoms with E-state index in [2.05, 4.69) is 49.0 Å². The molecule has 0 bridgehead atoms. The molecule has 1 aliphatic rings. The van der Waals surface area contributed by atoms with E-state index in [0.717, 1.165) is 12.8 Å². The molecule has 2 aromatic carbocycles. The van der Waals surface area contributed by atoms with E-state index in [1.165, 1.54) is 0 Å². The summed E-state index contributed by atoms with van der Waals surface area (Å²) >= 11 is 6.52. The van der Waals surface area contributed by atoms with Crippen molar-refractivity contribution in [3.8, 4) is 28.8 Å². The van der Waals surface area contributed by atoms with Crippen LogP contribution in [0.1, 0.15) is 62.9 Å². The van der Waals surface area contributed by atoms with Crippen LogP contribution in [-0.4, -0.2) is 26.8 Å². The molecule has 2 heterocycles. The zero-order chi connectivity index (χ0) is 25.2. The molecular weight excluding hydrogens is 460 g/mol. The first-order chi connectivity index (χ1) is 16.6. The number of piperidine rings is 1. The number of hydrogen-bond acceptors (Lipinski definition) is 6. The van der Waals surface area contributed by atoms with Gasteiger partial charge in [0.2, 0.25) is 0 Å². The number of aromatic nitrogens is 2. The number of nitrogens with zero attached hydrogens (tertiary/aromatic N) is 3. The van der Waals surface area contributed by atoms with Gasteiger partial charge in [0, 0.05) is 41.0 Å². The van der Waals surface area contributed by atoms with Gasteiger partial charge in [-0.2, -0.15) is 5.26 Å². The molecule has 1 N–H and O–H groups in total. The molecule has 0 unspecified atom stereocenters. The third-order valence-corrected chi connectivity index (χ3v) is 6.50. The summed E-state index contributed by atoms with van der Waals surface area (Å²) in [7, 11) is 0. The molecule has 35 heavy (non-hydrogen) atoms. The highest BCUT2D eigenvalue weighted by Crippen LogP contribution is 2.37. The number of nitriles is 1. The summed E-state index contributed by atoms with van der Waals surface area (Å²) in [6, 6.07) is 12.5. The molecule has 1 aromatic heterocycles. The van der Waals surface area contributed by atoms with Crippen molar-refractivity contribution in [1.82, 2.24) is 15.3 Å². The Bertz CT molecular complexity index is 1270. The van der Waals surface area contributed by atoms with Gasteiger partial charge in [0.25, 0.3) is 0 Å². The van der Waals surface area contributed by atoms with Crippen molar-refractivity contribution in [2.24, 2.45) is 5.92 Å². The van der Waals surface area contributed by atoms with Gasteiger partial charge in [0.05, 0.1) is 16.9 Å². The van der Waals surface area contributed by atoms with E-state index in [1.807, 2.05) is 0 Å². The number of rotatable bonds is 6. The van der Waals surface area contributed by atoms with E-state index in [0.29, 0.717) is 51.2 Å². The number of nitrogens with one attached hydrogen (secondary N) is 1. The lowest BCUT2D eigenvalue weighted by atomic mass is 9.74. The third-order valence-electron chi connectivity index (χ3n) is 6.20. The predicted octanol–water partition coefficient (Wildman–Crippen LogP) is 6.59. The second-order valence-electron chi connectivity index (χ2n) is 10.4. The highest BCUT2D eigenvalue weighted by atomic mass is 35.5. The van der Waals surface area contributed by atoms with Gasteiger partial charge in [-0.25, -0.2) is 0 Å². The number of carbonyl (C=O) groups excluding carboxylic acids is 1. The topological polar surface area (TPSA) is 87.9 Å². The molecule has 0 aliphatic carbocycles. The molecule has 1 aliphatic heterocycles. The predicted molar refractivity (Wildman–Crippen MR) is 137 cm³/mol. The van der Waals surface area contributed by atoms with Gasteiger partial charge in [-0.3, -0.25) is 14.8 Å². The summed E-state index contributed by atoms with van der Waals surface area (Å²) < 4.78 is 6.01. The van der Waals surface area contributed by atoms with E-state index in [4.69, 9.17) is 16.3 Å². The summed E-state index contributed by atoms with van der Waals surface area (Å²) in [5, 5.41) is 13.8. The van der Waals surface area contributed by atoms with Gasteiger partial charge < -0.3 is 10.1 Å². The number of Topliss-reactive ketones (excluding diaryl/α,β-unsaturated/α-hetero) is 1. The van der Waals surface area contributed by atoms with Crippen molar-refractivity contribution in [3.05, 3.63) is 71.1 Å². The number of halogens is 1. The maximum absolute atomic E-state index is 13.1. The van der Waals surface area contributed by atoms with E-state index in [-0.39, 0.29) is 16.9 Å². The molecule has 1 saturated heterocycles. The average Bonchev–Trinajstić information content (AvgIpc) is 2.78. The van der Waals surface area contributed by atoms with Crippen LogP contribution in [0.4, 0.5) is 0 Å². The largest absolute Gasteiger partial charge is 0.454 e. The molecule has 0 radical (unpaired) electrons. The lowest BCUT2D eigenvalue weighted by Crippen LogP contribution is -2.57. The summed E-state index contributed by atoms with van der Waals surface area (Å²) in [4.78, 5) is 21.4. The first-order valence-electron chi connectivity index (χ1n) is 11.7. The van der Waals surface area contributed by atoms with Crippen LogP contribution in [0.3, 0.4) is 0 Å². The van der Waals surface area contributed by atoms with Crippen LogP contribution >= 0.6 is 11.6 Å². The molecular formula is C28H29ClN4O2. The minimum absolute atomic E-state index is 0.0135. The second-order valence-corrected chi connectivity index (χ2v) is 10.8. The lowest BCUT2D eigenvalue weighted by Gasteiger charge is -2.46. The van der Waals surface area contributed by atoms with Crippen molar-refractivity contribution in [3.63, 3.8) is 0 Å². The Morgan fingerprint density at radius 3 is 2.51 bits per heavy atom. The maximum atomic E-state index is 13.1. The molecule has 180 valence electrons. The Kier molecular flexibility index (Phi) is 6.93. The number of ketones is 1. The highest BCUT2D eigenvalue weighted by Gasteiger charge is 2.38. The van der Waals surface area contributed by atoms with Crippen molar-refractivity contribution in [2.75, 3.05) is 0 Å². The molecule has 4 rings (SSSR count). The summed E-state index contributed by atoms with van der Waals surface area (Å²) in [6.45, 7) is 8.74. The fraction of sp³-hybridized carbons (Fsp3) is 0.357. The van der Waals surface area contributed by atoms with Crippen LogP contribution in [0.2, 0.25) is 5.02 Å². The van der Waals surface area contributed by atoms with Crippen molar-refractivity contribution < 1.29 is 9.53 Å². The number of benzene rings is 2. The molecule has 0 saturated carbocycles. The summed E-state index contributed by atoms with van der Waals surface area (Å²) in [5.74, 6) is 1.10. The van der Waals surface area contributed by atoms with E-state index < -0.39 is 0 Å².